The molecule has 0 aromatic heterocycles. The summed E-state index contributed by atoms with van der Waals surface area (Å²) in [6.45, 7) is 5.66. The minimum atomic E-state index is -0.677. The number of ketones is 1. The first kappa shape index (κ1) is 25.3. The molecule has 0 bridgehead atoms. The molecule has 2 aromatic carbocycles. The first-order valence-corrected chi connectivity index (χ1v) is 11.6. The molecule has 182 valence electrons. The molecule has 1 N–H and O–H groups in total. The van der Waals surface area contributed by atoms with E-state index in [9.17, 15) is 14.7 Å². The van der Waals surface area contributed by atoms with Gasteiger partial charge in [-0.25, -0.2) is 0 Å². The van der Waals surface area contributed by atoms with Gasteiger partial charge in [0.2, 0.25) is 0 Å². The second kappa shape index (κ2) is 11.2. The van der Waals surface area contributed by atoms with Crippen LogP contribution in [-0.2, 0) is 9.59 Å². The molecule has 0 spiro atoms. The lowest BCUT2D eigenvalue weighted by molar-refractivity contribution is -0.139. The van der Waals surface area contributed by atoms with E-state index in [1.54, 1.807) is 36.3 Å². The van der Waals surface area contributed by atoms with E-state index < -0.39 is 17.7 Å². The highest BCUT2D eigenvalue weighted by molar-refractivity contribution is 6.46. The highest BCUT2D eigenvalue weighted by Gasteiger charge is 2.45. The van der Waals surface area contributed by atoms with Crippen molar-refractivity contribution in [1.29, 1.82) is 0 Å². The van der Waals surface area contributed by atoms with Crippen molar-refractivity contribution in [2.24, 2.45) is 0 Å². The Bertz CT molecular complexity index is 1060. The Labute approximate surface area is 201 Å². The third-order valence-electron chi connectivity index (χ3n) is 5.90. The number of ether oxygens (including phenoxy) is 2. The summed E-state index contributed by atoms with van der Waals surface area (Å²) in [6, 6.07) is 11.9. The minimum Gasteiger partial charge on any atom is -0.507 e. The van der Waals surface area contributed by atoms with Crippen LogP contribution in [0.5, 0.6) is 11.5 Å². The monoisotopic (exact) mass is 466 g/mol. The molecule has 0 radical (unpaired) electrons. The highest BCUT2D eigenvalue weighted by atomic mass is 16.5. The molecule has 0 saturated carbocycles. The lowest BCUT2D eigenvalue weighted by Gasteiger charge is -2.26. The van der Waals surface area contributed by atoms with Crippen LogP contribution < -0.4 is 9.47 Å². The predicted molar refractivity (Wildman–Crippen MR) is 132 cm³/mol. The van der Waals surface area contributed by atoms with E-state index in [-0.39, 0.29) is 11.3 Å². The number of carbonyl (C=O) groups is 2. The lowest BCUT2D eigenvalue weighted by atomic mass is 9.93. The van der Waals surface area contributed by atoms with Gasteiger partial charge in [0.15, 0.2) is 0 Å². The van der Waals surface area contributed by atoms with Gasteiger partial charge in [-0.1, -0.05) is 19.1 Å². The Hall–Kier alpha value is -3.32. The van der Waals surface area contributed by atoms with Crippen molar-refractivity contribution in [3.8, 4) is 11.5 Å². The quantitative estimate of drug-likeness (QED) is 0.322. The van der Waals surface area contributed by atoms with Crippen LogP contribution in [-0.4, -0.2) is 67.5 Å². The van der Waals surface area contributed by atoms with Crippen LogP contribution in [0.2, 0.25) is 0 Å². The predicted octanol–water partition coefficient (Wildman–Crippen LogP) is 4.17. The Morgan fingerprint density at radius 1 is 1.09 bits per heavy atom. The smallest absolute Gasteiger partial charge is 0.295 e. The van der Waals surface area contributed by atoms with Crippen molar-refractivity contribution in [2.75, 3.05) is 40.9 Å². The van der Waals surface area contributed by atoms with Crippen molar-refractivity contribution in [1.82, 2.24) is 9.80 Å². The Morgan fingerprint density at radius 2 is 1.76 bits per heavy atom. The zero-order valence-corrected chi connectivity index (χ0v) is 20.6. The summed E-state index contributed by atoms with van der Waals surface area (Å²) in [4.78, 5) is 29.8. The molecule has 1 aliphatic rings. The molecule has 1 saturated heterocycles. The number of carbonyl (C=O) groups excluding carboxylic acids is 2. The van der Waals surface area contributed by atoms with Gasteiger partial charge in [0.25, 0.3) is 11.7 Å². The van der Waals surface area contributed by atoms with Gasteiger partial charge < -0.3 is 24.4 Å². The molecule has 1 unspecified atom stereocenters. The van der Waals surface area contributed by atoms with Crippen LogP contribution in [0, 0.1) is 6.92 Å². The third kappa shape index (κ3) is 5.42. The molecule has 7 nitrogen and oxygen atoms in total. The van der Waals surface area contributed by atoms with E-state index in [0.29, 0.717) is 36.6 Å². The SMILES string of the molecule is CCCOc1ccc(/C(O)=C2\C(=O)C(=O)N(CCCN(C)C)C2c2ccc(OC)cc2)c(C)c1. The van der Waals surface area contributed by atoms with E-state index in [2.05, 4.69) is 0 Å². The van der Waals surface area contributed by atoms with Gasteiger partial charge in [-0.15, -0.1) is 0 Å². The molecule has 2 aromatic rings. The number of hydrogen-bond acceptors (Lipinski definition) is 6. The van der Waals surface area contributed by atoms with Crippen molar-refractivity contribution in [2.45, 2.75) is 32.7 Å². The van der Waals surface area contributed by atoms with Gasteiger partial charge in [0.1, 0.15) is 17.3 Å². The summed E-state index contributed by atoms with van der Waals surface area (Å²) in [5, 5.41) is 11.3. The zero-order chi connectivity index (χ0) is 24.8. The van der Waals surface area contributed by atoms with Gasteiger partial charge in [-0.05, 0) is 81.9 Å². The second-order valence-corrected chi connectivity index (χ2v) is 8.75. The summed E-state index contributed by atoms with van der Waals surface area (Å²) >= 11 is 0. The fraction of sp³-hybridized carbons (Fsp3) is 0.407. The van der Waals surface area contributed by atoms with Crippen LogP contribution >= 0.6 is 0 Å². The summed E-state index contributed by atoms with van der Waals surface area (Å²) < 4.78 is 10.9. The molecule has 0 aliphatic carbocycles. The van der Waals surface area contributed by atoms with Crippen molar-refractivity contribution >= 4 is 17.4 Å². The molecule has 1 heterocycles. The third-order valence-corrected chi connectivity index (χ3v) is 5.90. The maximum atomic E-state index is 13.2. The molecule has 7 heteroatoms. The number of likely N-dealkylation sites (tertiary alicyclic amines) is 1. The van der Waals surface area contributed by atoms with E-state index in [0.717, 1.165) is 24.1 Å². The summed E-state index contributed by atoms with van der Waals surface area (Å²) in [5.74, 6) is -0.0667. The first-order chi connectivity index (χ1) is 16.3. The summed E-state index contributed by atoms with van der Waals surface area (Å²) in [7, 11) is 5.51. The molecular formula is C27H34N2O5. The number of Topliss-reactive ketones (excluding diaryl/α,β-unsaturated/α-hetero) is 1. The van der Waals surface area contributed by atoms with Gasteiger partial charge in [-0.2, -0.15) is 0 Å². The number of aryl methyl sites for hydroxylation is 1. The molecular weight excluding hydrogens is 432 g/mol. The van der Waals surface area contributed by atoms with Crippen LogP contribution in [0.1, 0.15) is 42.5 Å². The van der Waals surface area contributed by atoms with Crippen molar-refractivity contribution < 1.29 is 24.2 Å². The van der Waals surface area contributed by atoms with E-state index >= 15 is 0 Å². The van der Waals surface area contributed by atoms with Crippen LogP contribution in [0.25, 0.3) is 5.76 Å². The minimum absolute atomic E-state index is 0.102. The Kier molecular flexibility index (Phi) is 8.34. The Morgan fingerprint density at radius 3 is 2.35 bits per heavy atom. The van der Waals surface area contributed by atoms with Gasteiger partial charge in [-0.3, -0.25) is 9.59 Å². The van der Waals surface area contributed by atoms with Crippen molar-refractivity contribution in [3.05, 3.63) is 64.7 Å². The standard InChI is InChI=1S/C27H34N2O5/c1-6-16-34-21-12-13-22(18(2)17-21)25(30)23-24(19-8-10-20(33-5)11-9-19)29(27(32)26(23)31)15-7-14-28(3)4/h8-13,17,24,30H,6-7,14-16H2,1-5H3/b25-23+. The average molecular weight is 467 g/mol. The molecule has 1 atom stereocenters. The Balaban J connectivity index is 2.07. The van der Waals surface area contributed by atoms with Gasteiger partial charge >= 0.3 is 0 Å². The summed E-state index contributed by atoms with van der Waals surface area (Å²) in [5.41, 5.74) is 2.12. The number of nitrogens with zero attached hydrogens (tertiary/aromatic N) is 2. The van der Waals surface area contributed by atoms with Gasteiger partial charge in [0, 0.05) is 12.1 Å². The highest BCUT2D eigenvalue weighted by Crippen LogP contribution is 2.40. The number of aliphatic hydroxyl groups is 1. The first-order valence-electron chi connectivity index (χ1n) is 11.6. The number of amides is 1. The van der Waals surface area contributed by atoms with E-state index in [1.807, 2.05) is 51.0 Å². The van der Waals surface area contributed by atoms with Gasteiger partial charge in [0.05, 0.1) is 25.3 Å². The van der Waals surface area contributed by atoms with E-state index in [1.165, 1.54) is 0 Å². The normalized spacial score (nSPS) is 17.5. The molecule has 3 rings (SSSR count). The fourth-order valence-corrected chi connectivity index (χ4v) is 4.16. The van der Waals surface area contributed by atoms with Crippen LogP contribution in [0.4, 0.5) is 0 Å². The number of methoxy groups -OCH3 is 1. The number of hydrogen-bond donors (Lipinski definition) is 1. The number of benzene rings is 2. The molecule has 1 fully saturated rings. The molecule has 34 heavy (non-hydrogen) atoms. The lowest BCUT2D eigenvalue weighted by Crippen LogP contribution is -2.32. The molecule has 1 amide bonds. The van der Waals surface area contributed by atoms with Crippen molar-refractivity contribution in [3.63, 3.8) is 0 Å². The maximum absolute atomic E-state index is 13.2. The topological polar surface area (TPSA) is 79.3 Å². The number of aliphatic hydroxyl groups excluding tert-OH is 1. The van der Waals surface area contributed by atoms with E-state index in [4.69, 9.17) is 9.47 Å². The largest absolute Gasteiger partial charge is 0.507 e. The second-order valence-electron chi connectivity index (χ2n) is 8.75. The van der Waals surface area contributed by atoms with Crippen LogP contribution in [0.15, 0.2) is 48.0 Å². The zero-order valence-electron chi connectivity index (χ0n) is 20.6. The summed E-state index contributed by atoms with van der Waals surface area (Å²) in [6.07, 6.45) is 1.59. The molecule has 1 aliphatic heterocycles. The fourth-order valence-electron chi connectivity index (χ4n) is 4.16. The maximum Gasteiger partial charge on any atom is 0.295 e. The van der Waals surface area contributed by atoms with Crippen LogP contribution in [0.3, 0.4) is 0 Å². The average Bonchev–Trinajstić information content (AvgIpc) is 3.07. The number of rotatable bonds is 10.